The lowest BCUT2D eigenvalue weighted by Gasteiger charge is -2.16. The summed E-state index contributed by atoms with van der Waals surface area (Å²) in [7, 11) is 0. The summed E-state index contributed by atoms with van der Waals surface area (Å²) in [6.07, 6.45) is 7.68. The molecule has 6 nitrogen and oxygen atoms in total. The van der Waals surface area contributed by atoms with E-state index >= 15 is 0 Å². The number of aromatic nitrogens is 4. The number of halogens is 1. The van der Waals surface area contributed by atoms with Gasteiger partial charge in [-0.25, -0.2) is 9.07 Å². The first-order valence-corrected chi connectivity index (χ1v) is 7.53. The number of pyridine rings is 1. The van der Waals surface area contributed by atoms with Gasteiger partial charge in [-0.15, -0.1) is 5.10 Å². The Hall–Kier alpha value is -2.31. The summed E-state index contributed by atoms with van der Waals surface area (Å²) in [6.45, 7) is 1.14. The molecule has 2 aromatic rings. The van der Waals surface area contributed by atoms with Crippen LogP contribution in [0.2, 0.25) is 0 Å². The standard InChI is InChI=1S/C15H16FN5O/c16-13-7-17-5-3-12(13)15(22)20-6-4-11(8-20)21-9-14(18-19-21)10-1-2-10/h3,5,7,9-11H,1-2,4,6,8H2. The molecule has 1 amide bonds. The molecule has 3 heterocycles. The van der Waals surface area contributed by atoms with Gasteiger partial charge in [0.05, 0.1) is 23.5 Å². The van der Waals surface area contributed by atoms with E-state index in [1.54, 1.807) is 4.90 Å². The Morgan fingerprint density at radius 1 is 1.32 bits per heavy atom. The van der Waals surface area contributed by atoms with Crippen molar-refractivity contribution in [1.82, 2.24) is 24.9 Å². The monoisotopic (exact) mass is 301 g/mol. The van der Waals surface area contributed by atoms with Gasteiger partial charge in [-0.3, -0.25) is 9.78 Å². The highest BCUT2D eigenvalue weighted by Gasteiger charge is 2.32. The Kier molecular flexibility index (Phi) is 3.13. The molecule has 1 aliphatic carbocycles. The fraction of sp³-hybridized carbons (Fsp3) is 0.467. The average Bonchev–Trinajstić information content (AvgIpc) is 3.07. The quantitative estimate of drug-likeness (QED) is 0.867. The van der Waals surface area contributed by atoms with Crippen LogP contribution in [0.1, 0.15) is 47.3 Å². The van der Waals surface area contributed by atoms with Gasteiger partial charge in [0, 0.05) is 31.4 Å². The van der Waals surface area contributed by atoms with Gasteiger partial charge in [-0.1, -0.05) is 5.21 Å². The molecular weight excluding hydrogens is 285 g/mol. The number of nitrogens with zero attached hydrogens (tertiary/aromatic N) is 5. The zero-order chi connectivity index (χ0) is 15.1. The van der Waals surface area contributed by atoms with Crippen LogP contribution >= 0.6 is 0 Å². The van der Waals surface area contributed by atoms with Crippen molar-refractivity contribution in [2.75, 3.05) is 13.1 Å². The van der Waals surface area contributed by atoms with E-state index in [-0.39, 0.29) is 17.5 Å². The highest BCUT2D eigenvalue weighted by atomic mass is 19.1. The molecule has 1 unspecified atom stereocenters. The highest BCUT2D eigenvalue weighted by Crippen LogP contribution is 2.39. The smallest absolute Gasteiger partial charge is 0.257 e. The van der Waals surface area contributed by atoms with Crippen LogP contribution in [0.3, 0.4) is 0 Å². The second kappa shape index (κ2) is 5.15. The third kappa shape index (κ3) is 2.36. The molecule has 2 fully saturated rings. The van der Waals surface area contributed by atoms with Crippen LogP contribution in [0, 0.1) is 5.82 Å². The second-order valence-electron chi connectivity index (χ2n) is 5.95. The Balaban J connectivity index is 1.47. The second-order valence-corrected chi connectivity index (χ2v) is 5.95. The van der Waals surface area contributed by atoms with Crippen molar-refractivity contribution in [3.05, 3.63) is 41.7 Å². The van der Waals surface area contributed by atoms with E-state index in [2.05, 4.69) is 15.3 Å². The van der Waals surface area contributed by atoms with E-state index in [0.717, 1.165) is 18.3 Å². The van der Waals surface area contributed by atoms with Crippen molar-refractivity contribution in [1.29, 1.82) is 0 Å². The maximum Gasteiger partial charge on any atom is 0.257 e. The molecule has 0 N–H and O–H groups in total. The van der Waals surface area contributed by atoms with E-state index in [0.29, 0.717) is 19.0 Å². The molecule has 4 rings (SSSR count). The van der Waals surface area contributed by atoms with Crippen molar-refractivity contribution in [2.45, 2.75) is 31.2 Å². The van der Waals surface area contributed by atoms with Gasteiger partial charge in [0.15, 0.2) is 5.82 Å². The SMILES string of the molecule is O=C(c1ccncc1F)N1CCC(n2cc(C3CC3)nn2)C1. The third-order valence-electron chi connectivity index (χ3n) is 4.35. The summed E-state index contributed by atoms with van der Waals surface area (Å²) < 4.78 is 15.5. The molecule has 1 saturated heterocycles. The molecule has 114 valence electrons. The Labute approximate surface area is 126 Å². The maximum absolute atomic E-state index is 13.7. The Morgan fingerprint density at radius 2 is 2.18 bits per heavy atom. The molecule has 2 aliphatic rings. The fourth-order valence-corrected chi connectivity index (χ4v) is 2.90. The molecule has 0 bridgehead atoms. The summed E-state index contributed by atoms with van der Waals surface area (Å²) >= 11 is 0. The van der Waals surface area contributed by atoms with Gasteiger partial charge in [0.2, 0.25) is 0 Å². The zero-order valence-electron chi connectivity index (χ0n) is 12.0. The number of rotatable bonds is 3. The van der Waals surface area contributed by atoms with Crippen molar-refractivity contribution < 1.29 is 9.18 Å². The summed E-state index contributed by atoms with van der Waals surface area (Å²) in [5, 5.41) is 8.39. The molecule has 0 aromatic carbocycles. The topological polar surface area (TPSA) is 63.9 Å². The van der Waals surface area contributed by atoms with Gasteiger partial charge >= 0.3 is 0 Å². The van der Waals surface area contributed by atoms with Crippen molar-refractivity contribution >= 4 is 5.91 Å². The average molecular weight is 301 g/mol. The van der Waals surface area contributed by atoms with Crippen molar-refractivity contribution in [3.63, 3.8) is 0 Å². The van der Waals surface area contributed by atoms with Gasteiger partial charge in [-0.2, -0.15) is 0 Å². The fourth-order valence-electron chi connectivity index (χ4n) is 2.90. The minimum Gasteiger partial charge on any atom is -0.336 e. The van der Waals surface area contributed by atoms with Gasteiger partial charge in [-0.05, 0) is 25.3 Å². The lowest BCUT2D eigenvalue weighted by molar-refractivity contribution is 0.0782. The van der Waals surface area contributed by atoms with Crippen LogP contribution in [-0.4, -0.2) is 43.9 Å². The molecule has 1 atom stereocenters. The van der Waals surface area contributed by atoms with Gasteiger partial charge < -0.3 is 4.90 Å². The predicted octanol–water partition coefficient (Wildman–Crippen LogP) is 1.78. The van der Waals surface area contributed by atoms with Gasteiger partial charge in [0.25, 0.3) is 5.91 Å². The van der Waals surface area contributed by atoms with Crippen molar-refractivity contribution in [2.24, 2.45) is 0 Å². The number of carbonyl (C=O) groups excluding carboxylic acids is 1. The Morgan fingerprint density at radius 3 is 2.95 bits per heavy atom. The lowest BCUT2D eigenvalue weighted by atomic mass is 10.2. The van der Waals surface area contributed by atoms with Crippen LogP contribution in [0.4, 0.5) is 4.39 Å². The molecule has 1 saturated carbocycles. The van der Waals surface area contributed by atoms with Crippen LogP contribution in [0.5, 0.6) is 0 Å². The number of amides is 1. The molecule has 7 heteroatoms. The lowest BCUT2D eigenvalue weighted by Crippen LogP contribution is -2.30. The first-order valence-electron chi connectivity index (χ1n) is 7.53. The zero-order valence-corrected chi connectivity index (χ0v) is 12.0. The largest absolute Gasteiger partial charge is 0.336 e. The van der Waals surface area contributed by atoms with Crippen LogP contribution in [-0.2, 0) is 0 Å². The predicted molar refractivity (Wildman–Crippen MR) is 75.7 cm³/mol. The summed E-state index contributed by atoms with van der Waals surface area (Å²) in [6, 6.07) is 1.54. The van der Waals surface area contributed by atoms with Gasteiger partial charge in [0.1, 0.15) is 0 Å². The van der Waals surface area contributed by atoms with E-state index in [4.69, 9.17) is 0 Å². The third-order valence-corrected chi connectivity index (χ3v) is 4.35. The molecule has 0 radical (unpaired) electrons. The molecule has 0 spiro atoms. The van der Waals surface area contributed by atoms with E-state index in [1.165, 1.54) is 25.1 Å². The number of carbonyl (C=O) groups is 1. The van der Waals surface area contributed by atoms with E-state index in [9.17, 15) is 9.18 Å². The summed E-state index contributed by atoms with van der Waals surface area (Å²) in [5.74, 6) is -0.295. The van der Waals surface area contributed by atoms with E-state index < -0.39 is 5.82 Å². The molecule has 22 heavy (non-hydrogen) atoms. The molecule has 2 aromatic heterocycles. The number of hydrogen-bond acceptors (Lipinski definition) is 4. The minimum atomic E-state index is -0.576. The van der Waals surface area contributed by atoms with Crippen LogP contribution < -0.4 is 0 Å². The molecular formula is C15H16FN5O. The first-order chi connectivity index (χ1) is 10.7. The number of likely N-dealkylation sites (tertiary alicyclic amines) is 1. The summed E-state index contributed by atoms with van der Waals surface area (Å²) in [5.41, 5.74) is 1.12. The van der Waals surface area contributed by atoms with Crippen molar-refractivity contribution in [3.8, 4) is 0 Å². The highest BCUT2D eigenvalue weighted by molar-refractivity contribution is 5.94. The summed E-state index contributed by atoms with van der Waals surface area (Å²) in [4.78, 5) is 17.7. The van der Waals surface area contributed by atoms with Crippen LogP contribution in [0.15, 0.2) is 24.7 Å². The molecule has 1 aliphatic heterocycles. The van der Waals surface area contributed by atoms with E-state index in [1.807, 2.05) is 10.9 Å². The first kappa shape index (κ1) is 13.4. The number of hydrogen-bond donors (Lipinski definition) is 0. The van der Waals surface area contributed by atoms with Crippen LogP contribution in [0.25, 0.3) is 0 Å². The maximum atomic E-state index is 13.7. The normalized spacial score (nSPS) is 21.3. The minimum absolute atomic E-state index is 0.0768. The Bertz CT molecular complexity index is 711.